The molecule has 0 bridgehead atoms. The molecule has 7 nitrogen and oxygen atoms in total. The first-order chi connectivity index (χ1) is 16.9. The Bertz CT molecular complexity index is 1440. The molecular formula is C26H21ClFN3O4. The Morgan fingerprint density at radius 1 is 1.17 bits per heavy atom. The van der Waals surface area contributed by atoms with Gasteiger partial charge in [-0.25, -0.2) is 14.4 Å². The van der Waals surface area contributed by atoms with Crippen LogP contribution in [0.15, 0.2) is 53.2 Å². The zero-order chi connectivity index (χ0) is 24.8. The lowest BCUT2D eigenvalue weighted by molar-refractivity contribution is -0.117. The smallest absolute Gasteiger partial charge is 0.291 e. The first-order valence-electron chi connectivity index (χ1n) is 10.7. The molecule has 9 heteroatoms. The number of carbonyl (C=O) groups is 1. The van der Waals surface area contributed by atoms with Crippen LogP contribution in [-0.4, -0.2) is 22.9 Å². The molecule has 2 aromatic carbocycles. The fourth-order valence-corrected chi connectivity index (χ4v) is 3.42. The molecule has 0 saturated heterocycles. The Morgan fingerprint density at radius 3 is 2.80 bits per heavy atom. The Morgan fingerprint density at radius 2 is 2.03 bits per heavy atom. The number of ether oxygens (including phenoxy) is 2. The van der Waals surface area contributed by atoms with Gasteiger partial charge in [0.25, 0.3) is 5.95 Å². The lowest BCUT2D eigenvalue weighted by atomic mass is 10.2. The van der Waals surface area contributed by atoms with Gasteiger partial charge in [0.15, 0.2) is 17.3 Å². The van der Waals surface area contributed by atoms with Crippen LogP contribution in [0.1, 0.15) is 31.9 Å². The Kier molecular flexibility index (Phi) is 7.48. The number of Topliss-reactive ketones (excluding diaryl/α,β-unsaturated/α-hetero) is 1. The number of halogens is 2. The maximum atomic E-state index is 13.5. The summed E-state index contributed by atoms with van der Waals surface area (Å²) in [6.07, 6.45) is 3.23. The van der Waals surface area contributed by atoms with Gasteiger partial charge in [-0.05, 0) is 49.6 Å². The van der Waals surface area contributed by atoms with Gasteiger partial charge < -0.3 is 24.0 Å². The average molecular weight is 494 g/mol. The van der Waals surface area contributed by atoms with Crippen LogP contribution in [0.5, 0.6) is 17.4 Å². The normalized spacial score (nSPS) is 10.5. The minimum atomic E-state index is -0.510. The van der Waals surface area contributed by atoms with Crippen molar-refractivity contribution in [2.45, 2.75) is 26.2 Å². The number of fused-ring (bicyclic) bond motifs is 1. The van der Waals surface area contributed by atoms with E-state index in [1.807, 2.05) is 0 Å². The molecule has 0 aliphatic heterocycles. The summed E-state index contributed by atoms with van der Waals surface area (Å²) in [4.78, 5) is 19.6. The number of ketones is 1. The average Bonchev–Trinajstić information content (AvgIpc) is 3.28. The molecule has 4 rings (SSSR count). The molecule has 2 aromatic heterocycles. The molecule has 0 aliphatic carbocycles. The fraction of sp³-hybridized carbons (Fsp3) is 0.192. The summed E-state index contributed by atoms with van der Waals surface area (Å²) in [6, 6.07) is 11.1. The van der Waals surface area contributed by atoms with Gasteiger partial charge in [0, 0.05) is 36.0 Å². The van der Waals surface area contributed by atoms with Crippen molar-refractivity contribution in [3.05, 3.63) is 65.4 Å². The van der Waals surface area contributed by atoms with E-state index in [1.165, 1.54) is 25.6 Å². The maximum absolute atomic E-state index is 13.5. The van der Waals surface area contributed by atoms with Crippen molar-refractivity contribution in [2.75, 3.05) is 12.4 Å². The highest BCUT2D eigenvalue weighted by atomic mass is 35.5. The number of nitrogens with zero attached hydrogens (tertiary/aromatic N) is 2. The van der Waals surface area contributed by atoms with Gasteiger partial charge in [0.1, 0.15) is 23.7 Å². The van der Waals surface area contributed by atoms with Crippen LogP contribution in [-0.2, 0) is 4.79 Å². The predicted molar refractivity (Wildman–Crippen MR) is 131 cm³/mol. The Hall–Kier alpha value is -4.09. The molecule has 0 atom stereocenters. The number of rotatable bonds is 8. The van der Waals surface area contributed by atoms with Crippen LogP contribution in [0.4, 0.5) is 15.9 Å². The highest BCUT2D eigenvalue weighted by Crippen LogP contribution is 2.38. The molecule has 0 radical (unpaired) electrons. The Balaban J connectivity index is 1.58. The summed E-state index contributed by atoms with van der Waals surface area (Å²) in [5.41, 5.74) is 1.17. The van der Waals surface area contributed by atoms with Gasteiger partial charge in [-0.15, -0.1) is 0 Å². The third-order valence-corrected chi connectivity index (χ3v) is 5.23. The van der Waals surface area contributed by atoms with Crippen molar-refractivity contribution in [1.82, 2.24) is 9.97 Å². The van der Waals surface area contributed by atoms with Gasteiger partial charge >= 0.3 is 0 Å². The number of methoxy groups -OCH3 is 1. The number of unbranched alkanes of at least 4 members (excludes halogenated alkanes) is 1. The summed E-state index contributed by atoms with van der Waals surface area (Å²) < 4.78 is 30.6. The monoisotopic (exact) mass is 493 g/mol. The number of furan rings is 1. The lowest BCUT2D eigenvalue weighted by Crippen LogP contribution is -1.98. The van der Waals surface area contributed by atoms with E-state index in [-0.39, 0.29) is 16.8 Å². The molecule has 2 heterocycles. The summed E-state index contributed by atoms with van der Waals surface area (Å²) >= 11 is 5.90. The molecule has 4 aromatic rings. The summed E-state index contributed by atoms with van der Waals surface area (Å²) in [6.45, 7) is 1.56. The van der Waals surface area contributed by atoms with Crippen molar-refractivity contribution >= 4 is 39.8 Å². The van der Waals surface area contributed by atoms with E-state index in [1.54, 1.807) is 37.3 Å². The minimum Gasteiger partial charge on any atom is -0.493 e. The molecule has 0 aliphatic rings. The summed E-state index contributed by atoms with van der Waals surface area (Å²) in [5.74, 6) is 7.52. The Labute approximate surface area is 206 Å². The van der Waals surface area contributed by atoms with Crippen molar-refractivity contribution in [3.8, 4) is 29.3 Å². The zero-order valence-electron chi connectivity index (χ0n) is 19.0. The van der Waals surface area contributed by atoms with Gasteiger partial charge in [0.05, 0.1) is 17.6 Å². The van der Waals surface area contributed by atoms with Gasteiger partial charge in [-0.3, -0.25) is 0 Å². The second-order valence-corrected chi connectivity index (χ2v) is 7.98. The highest BCUT2D eigenvalue weighted by molar-refractivity contribution is 6.31. The van der Waals surface area contributed by atoms with E-state index in [9.17, 15) is 9.18 Å². The van der Waals surface area contributed by atoms with Crippen molar-refractivity contribution in [1.29, 1.82) is 0 Å². The van der Waals surface area contributed by atoms with Gasteiger partial charge in [-0.1, -0.05) is 17.5 Å². The molecule has 1 N–H and O–H groups in total. The second kappa shape index (κ2) is 10.9. The highest BCUT2D eigenvalue weighted by Gasteiger charge is 2.14. The van der Waals surface area contributed by atoms with E-state index in [2.05, 4.69) is 27.1 Å². The first-order valence-corrected chi connectivity index (χ1v) is 11.1. The van der Waals surface area contributed by atoms with Crippen LogP contribution in [0.25, 0.3) is 10.9 Å². The summed E-state index contributed by atoms with van der Waals surface area (Å²) in [7, 11) is 1.52. The standard InChI is InChI=1S/C26H21ClFN3O4/c1-16(32)6-4-3-5-7-18-9-11-25(34-18)35-24-13-19-22(14-23(24)33-2)29-15-30-26(19)31-17-8-10-21(28)20(27)12-17/h8-15H,3-4,6H2,1-2H3,(H,29,30,31). The number of hydrogen-bond donors (Lipinski definition) is 1. The van der Waals surface area contributed by atoms with Crippen molar-refractivity contribution in [2.24, 2.45) is 0 Å². The minimum absolute atomic E-state index is 0.00497. The third kappa shape index (κ3) is 6.08. The summed E-state index contributed by atoms with van der Waals surface area (Å²) in [5, 5.41) is 3.76. The van der Waals surface area contributed by atoms with Gasteiger partial charge in [-0.2, -0.15) is 0 Å². The molecule has 0 saturated carbocycles. The number of anilines is 2. The van der Waals surface area contributed by atoms with Crippen LogP contribution in [0, 0.1) is 17.7 Å². The molecular weight excluding hydrogens is 473 g/mol. The van der Waals surface area contributed by atoms with Crippen LogP contribution in [0.2, 0.25) is 5.02 Å². The molecule has 0 fully saturated rings. The second-order valence-electron chi connectivity index (χ2n) is 7.57. The number of nitrogens with one attached hydrogen (secondary N) is 1. The predicted octanol–water partition coefficient (Wildman–Crippen LogP) is 6.67. The lowest BCUT2D eigenvalue weighted by Gasteiger charge is -2.13. The van der Waals surface area contributed by atoms with Crippen LogP contribution >= 0.6 is 11.6 Å². The number of carbonyl (C=O) groups excluding carboxylic acids is 1. The molecule has 0 spiro atoms. The van der Waals surface area contributed by atoms with Crippen molar-refractivity contribution < 1.29 is 23.1 Å². The van der Waals surface area contributed by atoms with Crippen LogP contribution < -0.4 is 14.8 Å². The number of benzene rings is 2. The number of hydrogen-bond acceptors (Lipinski definition) is 7. The van der Waals surface area contributed by atoms with E-state index in [4.69, 9.17) is 25.5 Å². The maximum Gasteiger partial charge on any atom is 0.291 e. The SMILES string of the molecule is COc1cc2ncnc(Nc3ccc(F)c(Cl)c3)c2cc1Oc1ccc(C#CCCCC(C)=O)o1. The quantitative estimate of drug-likeness (QED) is 0.216. The molecule has 0 unspecified atom stereocenters. The largest absolute Gasteiger partial charge is 0.493 e. The zero-order valence-corrected chi connectivity index (χ0v) is 19.8. The number of aromatic nitrogens is 2. The molecule has 178 valence electrons. The molecule has 0 amide bonds. The molecule has 35 heavy (non-hydrogen) atoms. The van der Waals surface area contributed by atoms with E-state index >= 15 is 0 Å². The van der Waals surface area contributed by atoms with E-state index in [0.29, 0.717) is 58.9 Å². The first kappa shape index (κ1) is 24.0. The fourth-order valence-electron chi connectivity index (χ4n) is 3.24. The van der Waals surface area contributed by atoms with Gasteiger partial charge in [0.2, 0.25) is 0 Å². The van der Waals surface area contributed by atoms with Crippen molar-refractivity contribution in [3.63, 3.8) is 0 Å². The van der Waals surface area contributed by atoms with E-state index < -0.39 is 5.82 Å². The van der Waals surface area contributed by atoms with Crippen LogP contribution in [0.3, 0.4) is 0 Å². The third-order valence-electron chi connectivity index (χ3n) is 4.94. The van der Waals surface area contributed by atoms with E-state index in [0.717, 1.165) is 0 Å². The topological polar surface area (TPSA) is 86.5 Å².